The van der Waals surface area contributed by atoms with Crippen LogP contribution in [0.25, 0.3) is 0 Å². The van der Waals surface area contributed by atoms with E-state index < -0.39 is 91.5 Å². The van der Waals surface area contributed by atoms with Crippen LogP contribution in [0.5, 0.6) is 0 Å². The highest BCUT2D eigenvalue weighted by atomic mass is 31.2. The summed E-state index contributed by atoms with van der Waals surface area (Å²) in [7, 11) is -9.78. The molecular formula is C89H160O16P2. The standard InChI is InChI=1S/C89H160O16P2/c1-4-7-10-13-16-19-22-24-26-28-30-32-34-36-38-40-41-43-45-46-48-50-52-54-56-58-61-63-66-69-72-75-87(92)99-78-84(90)79-101-106(95,96)102-80-85(91)81-103-107(97,98)104-83-86(105-89(94)77-74-71-68-65-60-21-18-15-12-9-6-3)82-100-88(93)76-73-70-67-64-62-59-57-55-53-51-49-47-44-42-39-37-35-33-31-29-27-25-23-20-17-14-11-8-5-2/h16-17,19-20,24-27,30-33,36-39,84-86,90-91H,4-15,18,21-23,28-29,34-35,40-83H2,1-3H3,(H,95,96)(H,97,98)/b19-16-,20-17-,26-24-,27-25-,32-30-,33-31-,38-36-,39-37-. The van der Waals surface area contributed by atoms with Gasteiger partial charge in [-0.05, 0) is 109 Å². The second-order valence-corrected chi connectivity index (χ2v) is 32.3. The second kappa shape index (κ2) is 81.9. The van der Waals surface area contributed by atoms with E-state index >= 15 is 0 Å². The summed E-state index contributed by atoms with van der Waals surface area (Å²) in [6, 6.07) is 0. The van der Waals surface area contributed by atoms with Gasteiger partial charge in [0.2, 0.25) is 0 Å². The minimum absolute atomic E-state index is 0.109. The summed E-state index contributed by atoms with van der Waals surface area (Å²) in [5.41, 5.74) is 0. The smallest absolute Gasteiger partial charge is 0.463 e. The van der Waals surface area contributed by atoms with Gasteiger partial charge in [-0.1, -0.05) is 362 Å². The number of unbranched alkanes of at least 4 members (excludes halogenated alkanes) is 44. The van der Waals surface area contributed by atoms with Gasteiger partial charge < -0.3 is 34.2 Å². The second-order valence-electron chi connectivity index (χ2n) is 29.3. The molecule has 0 spiro atoms. The van der Waals surface area contributed by atoms with E-state index in [-0.39, 0.29) is 19.3 Å². The van der Waals surface area contributed by atoms with Gasteiger partial charge in [-0.2, -0.15) is 0 Å². The number of hydrogen-bond acceptors (Lipinski definition) is 14. The van der Waals surface area contributed by atoms with Crippen molar-refractivity contribution in [2.75, 3.05) is 39.6 Å². The van der Waals surface area contributed by atoms with Crippen molar-refractivity contribution in [3.63, 3.8) is 0 Å². The highest BCUT2D eigenvalue weighted by Crippen LogP contribution is 2.45. The zero-order chi connectivity index (χ0) is 78.0. The van der Waals surface area contributed by atoms with Gasteiger partial charge in [0.05, 0.1) is 26.4 Å². The maximum absolute atomic E-state index is 12.9. The van der Waals surface area contributed by atoms with Crippen molar-refractivity contribution >= 4 is 33.6 Å². The van der Waals surface area contributed by atoms with Crippen LogP contribution in [-0.4, -0.2) is 95.9 Å². The predicted octanol–water partition coefficient (Wildman–Crippen LogP) is 26.1. The van der Waals surface area contributed by atoms with E-state index in [4.69, 9.17) is 32.3 Å². The SMILES string of the molecule is CCCCC/C=C\C/C=C\C/C=C\C/C=C\CCCCCCCCCCCCCCCCCC(=O)OCC(O)COP(=O)(O)OCC(O)COP(=O)(O)OCC(COC(=O)CCCCCCCCCCCCCCC/C=C\C/C=C\C/C=C\C/C=C\CCCCC)OC(=O)CCCCCCCCCCCCC. The number of hydrogen-bond donors (Lipinski definition) is 4. The molecular weight excluding hydrogens is 1390 g/mol. The molecule has 0 saturated carbocycles. The summed E-state index contributed by atoms with van der Waals surface area (Å²) in [5, 5.41) is 20.7. The van der Waals surface area contributed by atoms with E-state index in [0.29, 0.717) is 19.3 Å². The lowest BCUT2D eigenvalue weighted by atomic mass is 10.0. The van der Waals surface area contributed by atoms with Crippen molar-refractivity contribution in [2.45, 2.75) is 411 Å². The Hall–Kier alpha value is -3.53. The number of aliphatic hydroxyl groups excluding tert-OH is 2. The molecule has 0 amide bonds. The van der Waals surface area contributed by atoms with Crippen LogP contribution < -0.4 is 0 Å². The molecule has 18 heteroatoms. The van der Waals surface area contributed by atoms with Gasteiger partial charge in [-0.15, -0.1) is 0 Å². The maximum atomic E-state index is 12.9. The zero-order valence-corrected chi connectivity index (χ0v) is 70.1. The number of carbonyl (C=O) groups is 3. The van der Waals surface area contributed by atoms with Gasteiger partial charge in [-0.3, -0.25) is 32.5 Å². The van der Waals surface area contributed by atoms with Crippen molar-refractivity contribution in [3.8, 4) is 0 Å². The van der Waals surface area contributed by atoms with Crippen LogP contribution in [0.4, 0.5) is 0 Å². The molecule has 0 rings (SSSR count). The number of aliphatic hydroxyl groups is 2. The van der Waals surface area contributed by atoms with Crippen molar-refractivity contribution in [2.24, 2.45) is 0 Å². The quantitative estimate of drug-likeness (QED) is 0.0146. The largest absolute Gasteiger partial charge is 0.472 e. The number of allylic oxidation sites excluding steroid dienone is 16. The molecule has 0 saturated heterocycles. The summed E-state index contributed by atoms with van der Waals surface area (Å²) >= 11 is 0. The summed E-state index contributed by atoms with van der Waals surface area (Å²) < 4.78 is 61.2. The Morgan fingerprint density at radius 2 is 0.467 bits per heavy atom. The lowest BCUT2D eigenvalue weighted by molar-refractivity contribution is -0.161. The molecule has 5 atom stereocenters. The Kier molecular flexibility index (Phi) is 79.2. The topological polar surface area (TPSA) is 231 Å². The molecule has 0 aromatic heterocycles. The molecule has 0 aliphatic heterocycles. The molecule has 4 N–H and O–H groups in total. The molecule has 0 aromatic carbocycles. The van der Waals surface area contributed by atoms with Gasteiger partial charge in [0.25, 0.3) is 0 Å². The lowest BCUT2D eigenvalue weighted by Gasteiger charge is -2.21. The Balaban J connectivity index is 4.37. The van der Waals surface area contributed by atoms with E-state index in [9.17, 15) is 43.5 Å². The van der Waals surface area contributed by atoms with Crippen LogP contribution >= 0.6 is 15.6 Å². The number of esters is 3. The number of carbonyl (C=O) groups excluding carboxylic acids is 3. The highest BCUT2D eigenvalue weighted by molar-refractivity contribution is 7.47. The Labute approximate surface area is 654 Å². The Morgan fingerprint density at radius 3 is 0.757 bits per heavy atom. The minimum Gasteiger partial charge on any atom is -0.463 e. The fourth-order valence-electron chi connectivity index (χ4n) is 12.1. The van der Waals surface area contributed by atoms with Crippen LogP contribution in [0.15, 0.2) is 97.2 Å². The molecule has 0 fully saturated rings. The molecule has 622 valence electrons. The third kappa shape index (κ3) is 83.2. The molecule has 0 bridgehead atoms. The van der Waals surface area contributed by atoms with E-state index in [1.165, 1.54) is 225 Å². The lowest BCUT2D eigenvalue weighted by Crippen LogP contribution is -2.30. The zero-order valence-electron chi connectivity index (χ0n) is 68.3. The average Bonchev–Trinajstić information content (AvgIpc) is 0.910. The van der Waals surface area contributed by atoms with Gasteiger partial charge in [0, 0.05) is 19.3 Å². The molecule has 5 unspecified atom stereocenters. The number of ether oxygens (including phenoxy) is 3. The predicted molar refractivity (Wildman–Crippen MR) is 445 cm³/mol. The molecule has 0 radical (unpaired) electrons. The first-order valence-corrected chi connectivity index (χ1v) is 46.5. The summed E-state index contributed by atoms with van der Waals surface area (Å²) in [5.74, 6) is -1.56. The van der Waals surface area contributed by atoms with Gasteiger partial charge in [0.1, 0.15) is 25.4 Å². The summed E-state index contributed by atoms with van der Waals surface area (Å²) in [6.07, 6.45) is 96.2. The van der Waals surface area contributed by atoms with Crippen molar-refractivity contribution in [1.29, 1.82) is 0 Å². The number of rotatable bonds is 83. The average molecular weight is 1550 g/mol. The first kappa shape index (κ1) is 103. The highest BCUT2D eigenvalue weighted by Gasteiger charge is 2.29. The monoisotopic (exact) mass is 1550 g/mol. The third-order valence-electron chi connectivity index (χ3n) is 18.8. The first-order chi connectivity index (χ1) is 52.2. The van der Waals surface area contributed by atoms with Gasteiger partial charge >= 0.3 is 33.6 Å². The van der Waals surface area contributed by atoms with Crippen molar-refractivity contribution in [1.82, 2.24) is 0 Å². The molecule has 107 heavy (non-hydrogen) atoms. The van der Waals surface area contributed by atoms with Crippen LogP contribution in [0.3, 0.4) is 0 Å². The van der Waals surface area contributed by atoms with Crippen LogP contribution in [-0.2, 0) is 55.8 Å². The maximum Gasteiger partial charge on any atom is 0.472 e. The fraction of sp³-hybridized carbons (Fsp3) is 0.787. The summed E-state index contributed by atoms with van der Waals surface area (Å²) in [6.45, 7) is 2.67. The van der Waals surface area contributed by atoms with Crippen LogP contribution in [0.1, 0.15) is 393 Å². The minimum atomic E-state index is -4.93. The van der Waals surface area contributed by atoms with Crippen LogP contribution in [0.2, 0.25) is 0 Å². The molecule has 16 nitrogen and oxygen atoms in total. The number of phosphoric ester groups is 2. The third-order valence-corrected chi connectivity index (χ3v) is 20.7. The summed E-state index contributed by atoms with van der Waals surface area (Å²) in [4.78, 5) is 58.7. The normalized spacial score (nSPS) is 14.3. The van der Waals surface area contributed by atoms with Crippen molar-refractivity contribution in [3.05, 3.63) is 97.2 Å². The first-order valence-electron chi connectivity index (χ1n) is 43.5. The molecule has 0 aliphatic rings. The van der Waals surface area contributed by atoms with E-state index in [1.54, 1.807) is 0 Å². The fourth-order valence-corrected chi connectivity index (χ4v) is 13.7. The molecule has 0 aliphatic carbocycles. The van der Waals surface area contributed by atoms with Crippen molar-refractivity contribution < 1.29 is 75.8 Å². The van der Waals surface area contributed by atoms with E-state index in [0.717, 1.165) is 109 Å². The van der Waals surface area contributed by atoms with E-state index in [2.05, 4.69) is 118 Å². The van der Waals surface area contributed by atoms with Gasteiger partial charge in [-0.25, -0.2) is 9.13 Å². The Morgan fingerprint density at radius 1 is 0.262 bits per heavy atom. The Bertz CT molecular complexity index is 2330. The molecule has 0 heterocycles. The van der Waals surface area contributed by atoms with Crippen LogP contribution in [0, 0.1) is 0 Å². The van der Waals surface area contributed by atoms with Gasteiger partial charge in [0.15, 0.2) is 6.10 Å². The molecule has 0 aromatic rings. The van der Waals surface area contributed by atoms with E-state index in [1.807, 2.05) is 0 Å². The number of phosphoric acid groups is 2.